The maximum atomic E-state index is 0. The molecular weight excluding hydrogens is 338 g/mol. The fourth-order valence-electron chi connectivity index (χ4n) is 0. The minimum Gasteiger partial charge on any atom is -2.00 e. The van der Waals surface area contributed by atoms with Gasteiger partial charge in [-0.05, 0) is 0 Å². The Labute approximate surface area is 112 Å². The minimum atomic E-state index is 0. The third-order valence-corrected chi connectivity index (χ3v) is 0. The standard InChI is InChI=1S/La.Mo.Na.5O/q+3;+6;+1;5*-2. The number of hydrogen-bond acceptors (Lipinski definition) is 0. The molecule has 0 amide bonds. The molecule has 0 heterocycles. The van der Waals surface area contributed by atoms with E-state index in [2.05, 4.69) is 0 Å². The molecule has 0 rings (SSSR count). The summed E-state index contributed by atoms with van der Waals surface area (Å²) in [5.41, 5.74) is 0. The minimum absolute atomic E-state index is 0. The Morgan fingerprint density at radius 3 is 0.500 bits per heavy atom. The van der Waals surface area contributed by atoms with Crippen molar-refractivity contribution in [3.05, 3.63) is 0 Å². The van der Waals surface area contributed by atoms with E-state index in [9.17, 15) is 0 Å². The number of hydrogen-bond donors (Lipinski definition) is 0. The van der Waals surface area contributed by atoms with Crippen LogP contribution in [0, 0.1) is 35.6 Å². The van der Waals surface area contributed by atoms with E-state index < -0.39 is 0 Å². The van der Waals surface area contributed by atoms with Crippen LogP contribution in [0.3, 0.4) is 0 Å². The van der Waals surface area contributed by atoms with Gasteiger partial charge in [0.15, 0.2) is 0 Å². The van der Waals surface area contributed by atoms with Crippen molar-refractivity contribution < 1.29 is 114 Å². The Hall–Kier alpha value is 2.68. The monoisotopic (exact) mass is 340 g/mol. The van der Waals surface area contributed by atoms with Crippen molar-refractivity contribution in [2.24, 2.45) is 0 Å². The van der Waals surface area contributed by atoms with Gasteiger partial charge in [0.1, 0.15) is 0 Å². The molecule has 0 atom stereocenters. The fraction of sp³-hybridized carbons (Fsp3) is 0. The van der Waals surface area contributed by atoms with Crippen molar-refractivity contribution in [3.8, 4) is 0 Å². The smallest absolute Gasteiger partial charge is 2.00 e. The zero-order valence-electron chi connectivity index (χ0n) is 4.03. The molecule has 5 nitrogen and oxygen atoms in total. The van der Waals surface area contributed by atoms with Crippen LogP contribution in [-0.4, -0.2) is 0 Å². The van der Waals surface area contributed by atoms with Gasteiger partial charge in [-0.25, -0.2) is 0 Å². The largest absolute Gasteiger partial charge is 6.00 e. The molecule has 0 N–H and O–H groups in total. The maximum absolute atomic E-state index is 0. The van der Waals surface area contributed by atoms with Gasteiger partial charge in [0, 0.05) is 0 Å². The predicted octanol–water partition coefficient (Wildman–Crippen LogP) is -3.59. The van der Waals surface area contributed by atoms with E-state index in [1.54, 1.807) is 0 Å². The average Bonchev–Trinajstić information content (AvgIpc) is 0. The van der Waals surface area contributed by atoms with E-state index in [-0.39, 0.29) is 114 Å². The van der Waals surface area contributed by atoms with Crippen LogP contribution in [-0.2, 0) is 48.4 Å². The van der Waals surface area contributed by atoms with Crippen molar-refractivity contribution >= 4 is 0 Å². The topological polar surface area (TPSA) is 142 Å². The molecule has 0 saturated heterocycles. The summed E-state index contributed by atoms with van der Waals surface area (Å²) >= 11 is 0. The van der Waals surface area contributed by atoms with Crippen LogP contribution in [0.5, 0.6) is 0 Å². The third-order valence-electron chi connectivity index (χ3n) is 0. The van der Waals surface area contributed by atoms with E-state index in [4.69, 9.17) is 0 Å². The van der Waals surface area contributed by atoms with Gasteiger partial charge in [-0.2, -0.15) is 0 Å². The summed E-state index contributed by atoms with van der Waals surface area (Å²) in [7, 11) is 0. The Morgan fingerprint density at radius 2 is 0.500 bits per heavy atom. The molecular formula is LaMoNaO5. The number of rotatable bonds is 0. The van der Waals surface area contributed by atoms with Gasteiger partial charge in [0.25, 0.3) is 0 Å². The van der Waals surface area contributed by atoms with Gasteiger partial charge in [0.05, 0.1) is 0 Å². The van der Waals surface area contributed by atoms with Crippen molar-refractivity contribution in [1.29, 1.82) is 0 Å². The zero-order chi connectivity index (χ0) is 0. The Bertz CT molecular complexity index is 12.4. The maximum Gasteiger partial charge on any atom is 6.00 e. The molecule has 0 bridgehead atoms. The molecule has 0 aromatic heterocycles. The summed E-state index contributed by atoms with van der Waals surface area (Å²) in [5, 5.41) is 0. The summed E-state index contributed by atoms with van der Waals surface area (Å²) < 4.78 is 0. The van der Waals surface area contributed by atoms with Crippen LogP contribution in [0.15, 0.2) is 0 Å². The van der Waals surface area contributed by atoms with E-state index in [0.29, 0.717) is 0 Å². The first-order chi connectivity index (χ1) is 0. The molecule has 8 heteroatoms. The van der Waals surface area contributed by atoms with E-state index in [1.165, 1.54) is 0 Å². The Morgan fingerprint density at radius 1 is 0.500 bits per heavy atom. The van der Waals surface area contributed by atoms with Crippen LogP contribution in [0.25, 0.3) is 0 Å². The van der Waals surface area contributed by atoms with E-state index >= 15 is 0 Å². The summed E-state index contributed by atoms with van der Waals surface area (Å²) in [6.45, 7) is 0. The van der Waals surface area contributed by atoms with Gasteiger partial charge < -0.3 is 27.4 Å². The zero-order valence-corrected chi connectivity index (χ0v) is 11.7. The molecule has 0 unspecified atom stereocenters. The molecule has 0 aromatic carbocycles. The molecule has 0 saturated carbocycles. The van der Waals surface area contributed by atoms with Gasteiger partial charge in [-0.15, -0.1) is 0 Å². The molecule has 0 aliphatic rings. The van der Waals surface area contributed by atoms with Gasteiger partial charge in [-0.3, -0.25) is 0 Å². The summed E-state index contributed by atoms with van der Waals surface area (Å²) in [4.78, 5) is 0. The fourth-order valence-corrected chi connectivity index (χ4v) is 0. The van der Waals surface area contributed by atoms with Crippen LogP contribution >= 0.6 is 0 Å². The van der Waals surface area contributed by atoms with Crippen molar-refractivity contribution in [3.63, 3.8) is 0 Å². The molecule has 0 radical (unpaired) electrons. The quantitative estimate of drug-likeness (QED) is 0.403. The average molecular weight is 338 g/mol. The van der Waals surface area contributed by atoms with Crippen LogP contribution in [0.1, 0.15) is 0 Å². The Kier molecular flexibility index (Phi) is 1760. The van der Waals surface area contributed by atoms with Crippen molar-refractivity contribution in [2.45, 2.75) is 0 Å². The van der Waals surface area contributed by atoms with Crippen LogP contribution < -0.4 is 29.6 Å². The Balaban J connectivity index is 0. The molecule has 40 valence electrons. The predicted molar refractivity (Wildman–Crippen MR) is 3.43 cm³/mol. The third kappa shape index (κ3) is 71.2. The van der Waals surface area contributed by atoms with E-state index in [0.717, 1.165) is 0 Å². The van der Waals surface area contributed by atoms with Crippen molar-refractivity contribution in [1.82, 2.24) is 0 Å². The van der Waals surface area contributed by atoms with Crippen LogP contribution in [0.4, 0.5) is 0 Å². The molecule has 8 heavy (non-hydrogen) atoms. The van der Waals surface area contributed by atoms with Gasteiger partial charge in [-0.1, -0.05) is 0 Å². The second-order valence-electron chi connectivity index (χ2n) is 0. The van der Waals surface area contributed by atoms with Gasteiger partial charge in [0.2, 0.25) is 0 Å². The molecule has 0 spiro atoms. The SMILES string of the molecule is [La+3].[Mo+6].[Na+].[O-2].[O-2].[O-2].[O-2].[O-2]. The first-order valence-electron chi connectivity index (χ1n) is 0. The second-order valence-corrected chi connectivity index (χ2v) is 0. The molecule has 0 aliphatic heterocycles. The first kappa shape index (κ1) is 139. The summed E-state index contributed by atoms with van der Waals surface area (Å²) in [6.07, 6.45) is 0. The normalized spacial score (nSPS) is 0. The second kappa shape index (κ2) is 101. The van der Waals surface area contributed by atoms with E-state index in [1.807, 2.05) is 0 Å². The summed E-state index contributed by atoms with van der Waals surface area (Å²) in [5.74, 6) is 0. The first-order valence-corrected chi connectivity index (χ1v) is 0. The summed E-state index contributed by atoms with van der Waals surface area (Å²) in [6, 6.07) is 0. The van der Waals surface area contributed by atoms with Crippen LogP contribution in [0.2, 0.25) is 0 Å². The van der Waals surface area contributed by atoms with Crippen molar-refractivity contribution in [2.75, 3.05) is 0 Å². The molecule has 0 fully saturated rings. The molecule has 0 aliphatic carbocycles. The molecule has 0 aromatic rings. The van der Waals surface area contributed by atoms with Gasteiger partial charge >= 0.3 is 86.2 Å².